The van der Waals surface area contributed by atoms with E-state index in [-0.39, 0.29) is 23.4 Å². The Hall–Kier alpha value is -2.18. The van der Waals surface area contributed by atoms with Gasteiger partial charge < -0.3 is 5.32 Å². The molecule has 0 saturated carbocycles. The van der Waals surface area contributed by atoms with Gasteiger partial charge in [-0.3, -0.25) is 4.79 Å². The molecule has 1 N–H and O–H groups in total. The van der Waals surface area contributed by atoms with Crippen molar-refractivity contribution in [3.8, 4) is 0 Å². The quantitative estimate of drug-likeness (QED) is 0.825. The number of likely N-dealkylation sites (N-methyl/N-ethyl adjacent to an activating group) is 1. The summed E-state index contributed by atoms with van der Waals surface area (Å²) in [6.45, 7) is 9.67. The number of hydrogen-bond acceptors (Lipinski definition) is 3. The van der Waals surface area contributed by atoms with E-state index < -0.39 is 10.0 Å². The lowest BCUT2D eigenvalue weighted by atomic mass is 9.96. The van der Waals surface area contributed by atoms with Crippen LogP contribution in [0.1, 0.15) is 40.8 Å². The number of hydrogen-bond donors (Lipinski definition) is 1. The van der Waals surface area contributed by atoms with Crippen LogP contribution in [0.5, 0.6) is 0 Å². The number of sulfonamides is 1. The molecule has 0 radical (unpaired) electrons. The zero-order valence-electron chi connectivity index (χ0n) is 16.8. The minimum atomic E-state index is -3.70. The molecule has 0 aliphatic rings. The summed E-state index contributed by atoms with van der Waals surface area (Å²) in [7, 11) is -2.28. The first-order valence-electron chi connectivity index (χ1n) is 8.92. The molecule has 2 aromatic carbocycles. The Morgan fingerprint density at radius 3 is 2.15 bits per heavy atom. The summed E-state index contributed by atoms with van der Waals surface area (Å²) in [5, 5.41) is 2.90. The van der Waals surface area contributed by atoms with Crippen LogP contribution in [-0.2, 0) is 14.8 Å². The van der Waals surface area contributed by atoms with Crippen molar-refractivity contribution in [2.45, 2.75) is 45.6 Å². The fraction of sp³-hybridized carbons (Fsp3) is 0.381. The summed E-state index contributed by atoms with van der Waals surface area (Å²) in [5.74, 6) is -0.335. The van der Waals surface area contributed by atoms with Crippen LogP contribution in [0.2, 0.25) is 0 Å². The highest BCUT2D eigenvalue weighted by Gasteiger charge is 2.23. The van der Waals surface area contributed by atoms with Crippen molar-refractivity contribution in [3.05, 3.63) is 64.2 Å². The summed E-state index contributed by atoms with van der Waals surface area (Å²) < 4.78 is 26.3. The molecule has 0 unspecified atom stereocenters. The van der Waals surface area contributed by atoms with Crippen molar-refractivity contribution in [3.63, 3.8) is 0 Å². The highest BCUT2D eigenvalue weighted by Crippen LogP contribution is 2.22. The lowest BCUT2D eigenvalue weighted by Crippen LogP contribution is -2.39. The van der Waals surface area contributed by atoms with Gasteiger partial charge in [0.1, 0.15) is 0 Å². The van der Waals surface area contributed by atoms with Crippen LogP contribution in [0.4, 0.5) is 0 Å². The van der Waals surface area contributed by atoms with E-state index >= 15 is 0 Å². The Labute approximate surface area is 162 Å². The van der Waals surface area contributed by atoms with Gasteiger partial charge >= 0.3 is 0 Å². The molecule has 0 saturated heterocycles. The SMILES string of the molecule is Cc1ccc(S(=O)(=O)N(C)CC(=O)N[C@H](C)c2cc(C)c(C)cc2C)cc1. The number of nitrogens with zero attached hydrogens (tertiary/aromatic N) is 1. The third-order valence-corrected chi connectivity index (χ3v) is 6.64. The van der Waals surface area contributed by atoms with Crippen molar-refractivity contribution in [2.24, 2.45) is 0 Å². The van der Waals surface area contributed by atoms with Gasteiger partial charge in [-0.2, -0.15) is 4.31 Å². The molecule has 0 heterocycles. The van der Waals surface area contributed by atoms with Crippen LogP contribution in [-0.4, -0.2) is 32.2 Å². The van der Waals surface area contributed by atoms with Crippen molar-refractivity contribution in [2.75, 3.05) is 13.6 Å². The number of carbonyl (C=O) groups is 1. The van der Waals surface area contributed by atoms with Crippen LogP contribution in [0.3, 0.4) is 0 Å². The highest BCUT2D eigenvalue weighted by molar-refractivity contribution is 7.89. The fourth-order valence-corrected chi connectivity index (χ4v) is 4.12. The third kappa shape index (κ3) is 4.96. The van der Waals surface area contributed by atoms with Gasteiger partial charge in [-0.15, -0.1) is 0 Å². The van der Waals surface area contributed by atoms with Gasteiger partial charge in [0.15, 0.2) is 0 Å². The molecule has 0 bridgehead atoms. The largest absolute Gasteiger partial charge is 0.348 e. The molecule has 0 aliphatic heterocycles. The summed E-state index contributed by atoms with van der Waals surface area (Å²) in [6.07, 6.45) is 0. The van der Waals surface area contributed by atoms with E-state index in [4.69, 9.17) is 0 Å². The summed E-state index contributed by atoms with van der Waals surface area (Å²) in [4.78, 5) is 12.6. The maximum Gasteiger partial charge on any atom is 0.243 e. The lowest BCUT2D eigenvalue weighted by Gasteiger charge is -2.21. The zero-order valence-corrected chi connectivity index (χ0v) is 17.6. The molecule has 0 aromatic heterocycles. The van der Waals surface area contributed by atoms with E-state index in [1.807, 2.05) is 27.7 Å². The Kier molecular flexibility index (Phi) is 6.44. The molecule has 0 aliphatic carbocycles. The Bertz CT molecular complexity index is 935. The molecule has 2 rings (SSSR count). The molecule has 5 nitrogen and oxygen atoms in total. The lowest BCUT2D eigenvalue weighted by molar-refractivity contribution is -0.121. The number of nitrogens with one attached hydrogen (secondary N) is 1. The van der Waals surface area contributed by atoms with E-state index in [0.29, 0.717) is 0 Å². The number of rotatable bonds is 6. The average Bonchev–Trinajstić information content (AvgIpc) is 2.58. The van der Waals surface area contributed by atoms with Crippen molar-refractivity contribution in [1.29, 1.82) is 0 Å². The average molecular weight is 389 g/mol. The highest BCUT2D eigenvalue weighted by atomic mass is 32.2. The molecule has 1 amide bonds. The van der Waals surface area contributed by atoms with Crippen LogP contribution in [0.25, 0.3) is 0 Å². The monoisotopic (exact) mass is 388 g/mol. The molecular weight excluding hydrogens is 360 g/mol. The fourth-order valence-electron chi connectivity index (χ4n) is 2.99. The smallest absolute Gasteiger partial charge is 0.243 e. The molecule has 1 atom stereocenters. The van der Waals surface area contributed by atoms with Gasteiger partial charge in [-0.25, -0.2) is 8.42 Å². The van der Waals surface area contributed by atoms with E-state index in [2.05, 4.69) is 24.4 Å². The van der Waals surface area contributed by atoms with Crippen LogP contribution in [0.15, 0.2) is 41.3 Å². The van der Waals surface area contributed by atoms with Crippen LogP contribution in [0, 0.1) is 27.7 Å². The van der Waals surface area contributed by atoms with Crippen molar-refractivity contribution < 1.29 is 13.2 Å². The summed E-state index contributed by atoms with van der Waals surface area (Å²) in [6, 6.07) is 10.6. The second kappa shape index (κ2) is 8.23. The van der Waals surface area contributed by atoms with Gasteiger partial charge in [-0.1, -0.05) is 29.8 Å². The summed E-state index contributed by atoms with van der Waals surface area (Å²) in [5.41, 5.74) is 5.49. The first-order chi connectivity index (χ1) is 12.5. The molecular formula is C21H28N2O3S. The normalized spacial score (nSPS) is 12.9. The zero-order chi connectivity index (χ0) is 20.4. The molecule has 0 fully saturated rings. The molecule has 2 aromatic rings. The maximum absolute atomic E-state index is 12.6. The van der Waals surface area contributed by atoms with E-state index in [1.165, 1.54) is 12.6 Å². The minimum Gasteiger partial charge on any atom is -0.348 e. The molecule has 6 heteroatoms. The number of benzene rings is 2. The van der Waals surface area contributed by atoms with Gasteiger partial charge in [0.25, 0.3) is 0 Å². The van der Waals surface area contributed by atoms with E-state index in [0.717, 1.165) is 26.6 Å². The topological polar surface area (TPSA) is 66.5 Å². The standard InChI is InChI=1S/C21H28N2O3S/c1-14-7-9-19(10-8-14)27(25,26)23(6)13-21(24)22-18(5)20-12-16(3)15(2)11-17(20)4/h7-12,18H,13H2,1-6H3,(H,22,24)/t18-/m1/s1. The van der Waals surface area contributed by atoms with Gasteiger partial charge in [0.2, 0.25) is 15.9 Å². The molecule has 146 valence electrons. The predicted octanol–water partition coefficient (Wildman–Crippen LogP) is 3.42. The third-order valence-electron chi connectivity index (χ3n) is 4.82. The van der Waals surface area contributed by atoms with Crippen molar-refractivity contribution in [1.82, 2.24) is 9.62 Å². The first kappa shape index (κ1) is 21.1. The van der Waals surface area contributed by atoms with Crippen LogP contribution >= 0.6 is 0 Å². The Morgan fingerprint density at radius 1 is 1.00 bits per heavy atom. The molecule has 0 spiro atoms. The van der Waals surface area contributed by atoms with Crippen LogP contribution < -0.4 is 5.32 Å². The minimum absolute atomic E-state index is 0.182. The maximum atomic E-state index is 12.6. The second-order valence-corrected chi connectivity index (χ2v) is 9.20. The number of amides is 1. The predicted molar refractivity (Wildman–Crippen MR) is 108 cm³/mol. The second-order valence-electron chi connectivity index (χ2n) is 7.16. The first-order valence-corrected chi connectivity index (χ1v) is 10.4. The Morgan fingerprint density at radius 2 is 1.56 bits per heavy atom. The van der Waals surface area contributed by atoms with Gasteiger partial charge in [0, 0.05) is 7.05 Å². The van der Waals surface area contributed by atoms with Gasteiger partial charge in [-0.05, 0) is 69.0 Å². The van der Waals surface area contributed by atoms with E-state index in [9.17, 15) is 13.2 Å². The van der Waals surface area contributed by atoms with Gasteiger partial charge in [0.05, 0.1) is 17.5 Å². The summed E-state index contributed by atoms with van der Waals surface area (Å²) >= 11 is 0. The Balaban J connectivity index is 2.08. The van der Waals surface area contributed by atoms with Crippen molar-refractivity contribution >= 4 is 15.9 Å². The van der Waals surface area contributed by atoms with E-state index in [1.54, 1.807) is 24.3 Å². The molecule has 27 heavy (non-hydrogen) atoms. The number of carbonyl (C=O) groups excluding carboxylic acids is 1. The number of aryl methyl sites for hydroxylation is 4.